The van der Waals surface area contributed by atoms with Crippen molar-refractivity contribution in [2.24, 2.45) is 4.99 Å². The van der Waals surface area contributed by atoms with Crippen molar-refractivity contribution in [3.63, 3.8) is 0 Å². The van der Waals surface area contributed by atoms with Crippen LogP contribution in [0.25, 0.3) is 16.6 Å². The predicted octanol–water partition coefficient (Wildman–Crippen LogP) is 2.67. The van der Waals surface area contributed by atoms with Gasteiger partial charge in [0.05, 0.1) is 17.8 Å². The Kier molecular flexibility index (Phi) is 4.82. The van der Waals surface area contributed by atoms with Crippen LogP contribution in [0, 0.1) is 0 Å². The molecule has 8 heteroatoms. The number of fused-ring (bicyclic) bond motifs is 1. The van der Waals surface area contributed by atoms with E-state index in [-0.39, 0.29) is 12.1 Å². The number of aliphatic imine (C=N–C) groups is 1. The third kappa shape index (κ3) is 3.85. The van der Waals surface area contributed by atoms with E-state index in [1.807, 2.05) is 16.8 Å². The first-order valence-electron chi connectivity index (χ1n) is 8.21. The lowest BCUT2D eigenvalue weighted by atomic mass is 10.1. The maximum atomic E-state index is 11.4. The zero-order chi connectivity index (χ0) is 18.0. The Bertz CT molecular complexity index is 864. The second kappa shape index (κ2) is 6.89. The zero-order valence-corrected chi connectivity index (χ0v) is 15.7. The van der Waals surface area contributed by atoms with Gasteiger partial charge >= 0.3 is 5.97 Å². The van der Waals surface area contributed by atoms with Gasteiger partial charge in [0.15, 0.2) is 0 Å². The highest BCUT2D eigenvalue weighted by Crippen LogP contribution is 2.26. The van der Waals surface area contributed by atoms with Gasteiger partial charge in [-0.2, -0.15) is 0 Å². The molecular weight excluding hydrogens is 336 g/mol. The summed E-state index contributed by atoms with van der Waals surface area (Å²) < 4.78 is 7.71. The highest BCUT2D eigenvalue weighted by molar-refractivity contribution is 6.76. The van der Waals surface area contributed by atoms with Gasteiger partial charge in [-0.15, -0.1) is 0 Å². The Morgan fingerprint density at radius 3 is 2.88 bits per heavy atom. The van der Waals surface area contributed by atoms with Crippen LogP contribution in [0.2, 0.25) is 25.7 Å². The number of hydrogen-bond donors (Lipinski definition) is 1. The summed E-state index contributed by atoms with van der Waals surface area (Å²) in [5, 5.41) is 10.1. The quantitative estimate of drug-likeness (QED) is 0.607. The van der Waals surface area contributed by atoms with E-state index in [4.69, 9.17) is 4.74 Å². The molecule has 1 aliphatic rings. The van der Waals surface area contributed by atoms with E-state index in [1.165, 1.54) is 6.33 Å². The lowest BCUT2D eigenvalue weighted by molar-refractivity contribution is -0.132. The van der Waals surface area contributed by atoms with Gasteiger partial charge in [-0.1, -0.05) is 19.6 Å². The topological polar surface area (TPSA) is 89.6 Å². The van der Waals surface area contributed by atoms with Gasteiger partial charge in [0, 0.05) is 38.1 Å². The molecule has 0 radical (unpaired) electrons. The highest BCUT2D eigenvalue weighted by atomic mass is 28.3. The molecule has 0 amide bonds. The van der Waals surface area contributed by atoms with Crippen LogP contribution in [0.3, 0.4) is 0 Å². The van der Waals surface area contributed by atoms with Crippen molar-refractivity contribution in [2.45, 2.75) is 32.4 Å². The molecule has 0 saturated heterocycles. The monoisotopic (exact) mass is 358 g/mol. The van der Waals surface area contributed by atoms with E-state index in [1.54, 1.807) is 6.21 Å². The SMILES string of the molecule is C[Si](C)(C)CCOCn1ccc2c(C3=C(C(=O)O)CN=C3)ncnc21. The first kappa shape index (κ1) is 17.5. The average Bonchev–Trinajstić information content (AvgIpc) is 3.17. The molecule has 1 aliphatic heterocycles. The third-order valence-corrected chi connectivity index (χ3v) is 5.80. The molecule has 2 aromatic heterocycles. The van der Waals surface area contributed by atoms with Gasteiger partial charge in [-0.05, 0) is 12.1 Å². The molecule has 0 spiro atoms. The van der Waals surface area contributed by atoms with Crippen LogP contribution in [0.5, 0.6) is 0 Å². The van der Waals surface area contributed by atoms with Gasteiger partial charge in [0.25, 0.3) is 0 Å². The molecule has 0 aliphatic carbocycles. The number of carbonyl (C=O) groups is 1. The van der Waals surface area contributed by atoms with E-state index >= 15 is 0 Å². The maximum absolute atomic E-state index is 11.4. The van der Waals surface area contributed by atoms with Crippen molar-refractivity contribution in [3.8, 4) is 0 Å². The number of ether oxygens (including phenoxy) is 1. The Labute approximate surface area is 147 Å². The summed E-state index contributed by atoms with van der Waals surface area (Å²) in [7, 11) is -1.11. The number of carboxylic acid groups (broad SMARTS) is 1. The number of rotatable bonds is 7. The fourth-order valence-electron chi connectivity index (χ4n) is 2.64. The van der Waals surface area contributed by atoms with E-state index in [0.29, 0.717) is 18.0 Å². The van der Waals surface area contributed by atoms with Gasteiger partial charge in [0.1, 0.15) is 18.7 Å². The number of nitrogens with zero attached hydrogens (tertiary/aromatic N) is 4. The Balaban J connectivity index is 1.85. The van der Waals surface area contributed by atoms with Gasteiger partial charge in [0.2, 0.25) is 0 Å². The molecule has 25 heavy (non-hydrogen) atoms. The van der Waals surface area contributed by atoms with Crippen molar-refractivity contribution in [1.29, 1.82) is 0 Å². The van der Waals surface area contributed by atoms with Crippen molar-refractivity contribution in [3.05, 3.63) is 29.9 Å². The molecule has 0 aromatic carbocycles. The van der Waals surface area contributed by atoms with Crippen molar-refractivity contribution in [1.82, 2.24) is 14.5 Å². The van der Waals surface area contributed by atoms with Crippen LogP contribution in [-0.2, 0) is 16.3 Å². The van der Waals surface area contributed by atoms with Gasteiger partial charge in [-0.3, -0.25) is 4.99 Å². The fourth-order valence-corrected chi connectivity index (χ4v) is 3.40. The minimum Gasteiger partial charge on any atom is -0.478 e. The number of allylic oxidation sites excluding steroid dienone is 1. The molecule has 1 N–H and O–H groups in total. The molecule has 0 fully saturated rings. The van der Waals surface area contributed by atoms with Crippen LogP contribution in [0.1, 0.15) is 5.69 Å². The van der Waals surface area contributed by atoms with Crippen LogP contribution in [0.15, 0.2) is 29.2 Å². The first-order valence-corrected chi connectivity index (χ1v) is 11.9. The number of aliphatic carboxylic acids is 1. The Morgan fingerprint density at radius 1 is 1.36 bits per heavy atom. The summed E-state index contributed by atoms with van der Waals surface area (Å²) >= 11 is 0. The van der Waals surface area contributed by atoms with Crippen molar-refractivity contribution >= 4 is 36.9 Å². The highest BCUT2D eigenvalue weighted by Gasteiger charge is 2.22. The summed E-state index contributed by atoms with van der Waals surface area (Å²) in [6, 6.07) is 3.00. The maximum Gasteiger partial charge on any atom is 0.334 e. The molecule has 0 saturated carbocycles. The minimum atomic E-state index is -1.11. The summed E-state index contributed by atoms with van der Waals surface area (Å²) in [6.07, 6.45) is 4.92. The van der Waals surface area contributed by atoms with Crippen LogP contribution < -0.4 is 0 Å². The Hall–Kier alpha value is -2.32. The summed E-state index contributed by atoms with van der Waals surface area (Å²) in [5.74, 6) is -0.964. The van der Waals surface area contributed by atoms with E-state index in [9.17, 15) is 9.90 Å². The minimum absolute atomic E-state index is 0.177. The molecule has 3 heterocycles. The van der Waals surface area contributed by atoms with Crippen molar-refractivity contribution < 1.29 is 14.6 Å². The van der Waals surface area contributed by atoms with E-state index in [0.717, 1.165) is 23.7 Å². The fraction of sp³-hybridized carbons (Fsp3) is 0.412. The molecule has 3 rings (SSSR count). The average molecular weight is 358 g/mol. The lowest BCUT2D eigenvalue weighted by Crippen LogP contribution is -2.22. The van der Waals surface area contributed by atoms with Crippen LogP contribution in [-0.4, -0.2) is 53.1 Å². The molecular formula is C17H22N4O3Si. The molecule has 7 nitrogen and oxygen atoms in total. The second-order valence-corrected chi connectivity index (χ2v) is 12.9. The van der Waals surface area contributed by atoms with Crippen molar-refractivity contribution in [2.75, 3.05) is 13.2 Å². The van der Waals surface area contributed by atoms with Crippen LogP contribution >= 0.6 is 0 Å². The molecule has 0 unspecified atom stereocenters. The normalized spacial score (nSPS) is 14.7. The predicted molar refractivity (Wildman–Crippen MR) is 99.5 cm³/mol. The standard InChI is InChI=1S/C17H22N4O3Si/c1-25(2,3)7-6-24-11-21-5-4-12-15(19-10-20-16(12)21)13-8-18-9-14(13)17(22)23/h4-5,8,10H,6-7,9,11H2,1-3H3,(H,22,23). The van der Waals surface area contributed by atoms with Gasteiger partial charge in [-0.25, -0.2) is 14.8 Å². The number of aromatic nitrogens is 3. The first-order chi connectivity index (χ1) is 11.9. The summed E-state index contributed by atoms with van der Waals surface area (Å²) in [5.41, 5.74) is 2.15. The molecule has 0 atom stereocenters. The summed E-state index contributed by atoms with van der Waals surface area (Å²) in [6.45, 7) is 8.28. The smallest absolute Gasteiger partial charge is 0.334 e. The number of hydrogen-bond acceptors (Lipinski definition) is 5. The largest absolute Gasteiger partial charge is 0.478 e. The van der Waals surface area contributed by atoms with Gasteiger partial charge < -0.3 is 14.4 Å². The molecule has 0 bridgehead atoms. The van der Waals surface area contributed by atoms with E-state index in [2.05, 4.69) is 34.6 Å². The second-order valence-electron chi connectivity index (χ2n) is 7.26. The van der Waals surface area contributed by atoms with E-state index < -0.39 is 14.0 Å². The molecule has 2 aromatic rings. The third-order valence-electron chi connectivity index (χ3n) is 4.09. The zero-order valence-electron chi connectivity index (χ0n) is 14.7. The Morgan fingerprint density at radius 2 is 2.16 bits per heavy atom. The molecule has 132 valence electrons. The number of carboxylic acids is 1. The van der Waals surface area contributed by atoms with Crippen LogP contribution in [0.4, 0.5) is 0 Å². The lowest BCUT2D eigenvalue weighted by Gasteiger charge is -2.15. The summed E-state index contributed by atoms with van der Waals surface area (Å²) in [4.78, 5) is 24.1.